The number of pyridine rings is 2. The fraction of sp³-hybridized carbons (Fsp3) is 0.174. The van der Waals surface area contributed by atoms with Gasteiger partial charge in [0.25, 0.3) is 0 Å². The summed E-state index contributed by atoms with van der Waals surface area (Å²) >= 11 is -1.29. The maximum atomic E-state index is 5.02. The summed E-state index contributed by atoms with van der Waals surface area (Å²) in [5.74, 6) is 0. The predicted octanol–water partition coefficient (Wildman–Crippen LogP) is 5.53. The van der Waals surface area contributed by atoms with Crippen molar-refractivity contribution in [1.29, 1.82) is 0 Å². The van der Waals surface area contributed by atoms with E-state index in [9.17, 15) is 0 Å². The Morgan fingerprint density at radius 2 is 0.922 bits per heavy atom. The average molecular weight is 783 g/mol. The van der Waals surface area contributed by atoms with Crippen molar-refractivity contribution in [2.75, 3.05) is 0 Å². The summed E-state index contributed by atoms with van der Waals surface area (Å²) in [6, 6.07) is 41.1. The molecule has 2 aromatic heterocycles. The third-order valence-corrected chi connectivity index (χ3v) is 14.9. The van der Waals surface area contributed by atoms with E-state index in [1.165, 1.54) is 77.9 Å². The topological polar surface area (TPSA) is 25.8 Å². The van der Waals surface area contributed by atoms with Crippen LogP contribution in [0.4, 0.5) is 0 Å². The van der Waals surface area contributed by atoms with Crippen LogP contribution in [0.25, 0.3) is 45.6 Å². The van der Waals surface area contributed by atoms with Gasteiger partial charge in [0.15, 0.2) is 0 Å². The molecule has 0 saturated heterocycles. The number of aromatic nitrogens is 2. The number of rotatable bonds is 8. The molecule has 0 fully saturated rings. The molecule has 2 aliphatic rings. The first-order valence-corrected chi connectivity index (χ1v) is 20.3. The zero-order valence-electron chi connectivity index (χ0n) is 29.4. The van der Waals surface area contributed by atoms with Crippen molar-refractivity contribution < 1.29 is 48.0 Å². The second-order valence-corrected chi connectivity index (χ2v) is 17.0. The van der Waals surface area contributed by atoms with Crippen LogP contribution in [0.15, 0.2) is 122 Å². The van der Waals surface area contributed by atoms with Crippen LogP contribution in [0, 0.1) is 13.8 Å². The van der Waals surface area contributed by atoms with Crippen LogP contribution >= 0.6 is 0 Å². The molecule has 5 heteroatoms. The second-order valence-electron chi connectivity index (χ2n) is 13.4. The molecule has 2 nitrogen and oxygen atoms in total. The third-order valence-electron chi connectivity index (χ3n) is 10.2. The Bertz CT molecular complexity index is 2060. The van der Waals surface area contributed by atoms with Crippen molar-refractivity contribution in [1.82, 2.24) is 9.97 Å². The quantitative estimate of drug-likeness (QED) is 0.203. The Kier molecular flexibility index (Phi) is 11.4. The van der Waals surface area contributed by atoms with Crippen molar-refractivity contribution in [2.24, 2.45) is 0 Å². The molecule has 0 bridgehead atoms. The van der Waals surface area contributed by atoms with E-state index in [0.717, 1.165) is 24.2 Å². The van der Waals surface area contributed by atoms with E-state index < -0.39 is 23.2 Å². The van der Waals surface area contributed by atoms with E-state index in [4.69, 9.17) is 9.97 Å². The van der Waals surface area contributed by atoms with Crippen molar-refractivity contribution >= 4 is 23.3 Å². The van der Waals surface area contributed by atoms with Crippen LogP contribution in [-0.2, 0) is 36.1 Å². The van der Waals surface area contributed by atoms with Crippen LogP contribution in [0.2, 0.25) is 0 Å². The predicted molar refractivity (Wildman–Crippen MR) is 202 cm³/mol. The van der Waals surface area contributed by atoms with Gasteiger partial charge in [-0.25, -0.2) is 0 Å². The molecular formula is C46H40Cl2N2Zr. The van der Waals surface area contributed by atoms with Gasteiger partial charge in [0.2, 0.25) is 0 Å². The molecule has 2 atom stereocenters. The first kappa shape index (κ1) is 36.9. The minimum Gasteiger partial charge on any atom is -1.00 e. The number of benzene rings is 4. The maximum Gasteiger partial charge on any atom is -1.00 e. The van der Waals surface area contributed by atoms with Gasteiger partial charge in [-0.2, -0.15) is 0 Å². The molecule has 6 aromatic rings. The SMILES string of the molecule is CCc1ccc(-c2cccc3c2C=C(c2ccc(C)cn2)[CH]3[Zr+2][CH]2C(c3ccc(C)cn3)=Cc3c(-c4ccc(CC)cc4)cccc32)cc1.[Cl-].[Cl-]. The summed E-state index contributed by atoms with van der Waals surface area (Å²) < 4.78 is 0.696. The maximum absolute atomic E-state index is 5.02. The summed E-state index contributed by atoms with van der Waals surface area (Å²) in [5.41, 5.74) is 20.9. The van der Waals surface area contributed by atoms with Crippen LogP contribution in [0.3, 0.4) is 0 Å². The van der Waals surface area contributed by atoms with Gasteiger partial charge in [0.1, 0.15) is 0 Å². The second kappa shape index (κ2) is 15.8. The number of halogens is 2. The molecule has 0 N–H and O–H groups in total. The minimum atomic E-state index is -1.29. The van der Waals surface area contributed by atoms with Gasteiger partial charge >= 0.3 is 304 Å². The first-order valence-electron chi connectivity index (χ1n) is 17.5. The van der Waals surface area contributed by atoms with Gasteiger partial charge < -0.3 is 24.8 Å². The monoisotopic (exact) mass is 780 g/mol. The minimum absolute atomic E-state index is 0. The van der Waals surface area contributed by atoms with E-state index in [2.05, 4.69) is 149 Å². The molecule has 2 unspecified atom stereocenters. The van der Waals surface area contributed by atoms with Gasteiger partial charge in [0.05, 0.1) is 0 Å². The first-order chi connectivity index (χ1) is 24.0. The summed E-state index contributed by atoms with van der Waals surface area (Å²) in [5, 5.41) is 0. The van der Waals surface area contributed by atoms with Gasteiger partial charge in [-0.1, -0.05) is 0 Å². The van der Waals surface area contributed by atoms with E-state index in [-0.39, 0.29) is 24.8 Å². The Morgan fingerprint density at radius 1 is 0.510 bits per heavy atom. The van der Waals surface area contributed by atoms with Gasteiger partial charge in [-0.15, -0.1) is 0 Å². The number of fused-ring (bicyclic) bond motifs is 2. The fourth-order valence-electron chi connectivity index (χ4n) is 7.39. The third kappa shape index (κ3) is 7.14. The largest absolute Gasteiger partial charge is 1.00 e. The Balaban J connectivity index is 0.00000224. The molecule has 8 rings (SSSR count). The van der Waals surface area contributed by atoms with E-state index >= 15 is 0 Å². The normalized spacial score (nSPS) is 15.5. The number of nitrogens with zero attached hydrogens (tertiary/aromatic N) is 2. The molecule has 0 aliphatic heterocycles. The standard InChI is InChI=1S/2C23H20N.2ClH.Zr/c2*1-3-17-8-10-18(11-9-17)21-6-4-5-19-13-20(14-22(19)21)23-12-7-16(2)15-24-23;;;/h2*4-15H,3H2,1-2H3;2*1H;/q;;;;+2/p-2. The molecular weight excluding hydrogens is 743 g/mol. The zero-order valence-corrected chi connectivity index (χ0v) is 33.4. The Morgan fingerprint density at radius 3 is 1.27 bits per heavy atom. The van der Waals surface area contributed by atoms with Crippen LogP contribution in [0.5, 0.6) is 0 Å². The number of aryl methyl sites for hydroxylation is 4. The van der Waals surface area contributed by atoms with Gasteiger partial charge in [0, 0.05) is 0 Å². The molecule has 0 spiro atoms. The number of hydrogen-bond acceptors (Lipinski definition) is 2. The molecule has 2 aliphatic carbocycles. The number of allylic oxidation sites excluding steroid dienone is 2. The van der Waals surface area contributed by atoms with Crippen molar-refractivity contribution in [3.63, 3.8) is 0 Å². The fourth-order valence-corrected chi connectivity index (χ4v) is 12.4. The Hall–Kier alpha value is -3.88. The van der Waals surface area contributed by atoms with Crippen molar-refractivity contribution in [3.8, 4) is 22.3 Å². The molecule has 2 heterocycles. The van der Waals surface area contributed by atoms with Gasteiger partial charge in [-0.3, -0.25) is 0 Å². The summed E-state index contributed by atoms with van der Waals surface area (Å²) in [4.78, 5) is 10.0. The van der Waals surface area contributed by atoms with E-state index in [1.54, 1.807) is 0 Å². The summed E-state index contributed by atoms with van der Waals surface area (Å²) in [6.45, 7) is 8.68. The van der Waals surface area contributed by atoms with Crippen LogP contribution in [0.1, 0.15) is 77.0 Å². The van der Waals surface area contributed by atoms with E-state index in [0.29, 0.717) is 7.25 Å². The number of hydrogen-bond donors (Lipinski definition) is 0. The van der Waals surface area contributed by atoms with Crippen molar-refractivity contribution in [2.45, 2.75) is 47.8 Å². The summed E-state index contributed by atoms with van der Waals surface area (Å²) in [7, 11) is 0. The smallest absolute Gasteiger partial charge is 1.00 e. The zero-order chi connectivity index (χ0) is 33.5. The Labute approximate surface area is 326 Å². The molecule has 252 valence electrons. The van der Waals surface area contributed by atoms with Crippen LogP contribution in [-0.4, -0.2) is 9.97 Å². The van der Waals surface area contributed by atoms with E-state index in [1.807, 2.05) is 12.4 Å². The van der Waals surface area contributed by atoms with Crippen molar-refractivity contribution in [3.05, 3.63) is 177 Å². The summed E-state index contributed by atoms with van der Waals surface area (Å²) in [6.07, 6.45) is 11.1. The molecule has 0 saturated carbocycles. The average Bonchev–Trinajstić information content (AvgIpc) is 3.71. The molecule has 0 radical (unpaired) electrons. The molecule has 4 aromatic carbocycles. The molecule has 51 heavy (non-hydrogen) atoms. The van der Waals surface area contributed by atoms with Crippen LogP contribution < -0.4 is 24.8 Å². The van der Waals surface area contributed by atoms with Gasteiger partial charge in [-0.05, 0) is 0 Å². The molecule has 0 amide bonds.